The average Bonchev–Trinajstić information content (AvgIpc) is 2.83. The molecule has 0 heterocycles. The number of rotatable bonds is 12. The van der Waals surface area contributed by atoms with E-state index in [1.54, 1.807) is 6.08 Å². The molecule has 1 rings (SSSR count). The number of anilines is 1. The van der Waals surface area contributed by atoms with Crippen LogP contribution in [0, 0.1) is 11.7 Å². The summed E-state index contributed by atoms with van der Waals surface area (Å²) < 4.78 is 12.4. The van der Waals surface area contributed by atoms with E-state index in [-0.39, 0.29) is 0 Å². The third-order valence-corrected chi connectivity index (χ3v) is 5.35. The minimum absolute atomic E-state index is 0.360. The van der Waals surface area contributed by atoms with Crippen molar-refractivity contribution in [2.75, 3.05) is 18.4 Å². The second-order valence-corrected chi connectivity index (χ2v) is 7.85. The summed E-state index contributed by atoms with van der Waals surface area (Å²) in [5.74, 6) is -0.373. The second-order valence-electron chi connectivity index (χ2n) is 7.44. The van der Waals surface area contributed by atoms with Crippen molar-refractivity contribution in [1.29, 1.82) is 0 Å². The highest BCUT2D eigenvalue weighted by Crippen LogP contribution is 2.24. The number of nitrogens with one attached hydrogen (secondary N) is 1. The maximum Gasteiger partial charge on any atom is 0.211 e. The fraction of sp³-hybridized carbons (Fsp3) is 0.519. The van der Waals surface area contributed by atoms with Crippen LogP contribution in [0.5, 0.6) is 5.75 Å². The minimum Gasteiger partial charge on any atom is -0.505 e. The monoisotopic (exact) mass is 482 g/mol. The smallest absolute Gasteiger partial charge is 0.211 e. The van der Waals surface area contributed by atoms with Crippen molar-refractivity contribution in [3.8, 4) is 5.75 Å². The van der Waals surface area contributed by atoms with Crippen LogP contribution in [0.3, 0.4) is 0 Å². The van der Waals surface area contributed by atoms with E-state index in [4.69, 9.17) is 16.7 Å². The number of amides is 1. The van der Waals surface area contributed by atoms with Gasteiger partial charge < -0.3 is 15.3 Å². The van der Waals surface area contributed by atoms with Crippen molar-refractivity contribution >= 4 is 23.7 Å². The van der Waals surface area contributed by atoms with Gasteiger partial charge >= 0.3 is 0 Å². The Morgan fingerprint density at radius 3 is 2.39 bits per heavy atom. The fourth-order valence-corrected chi connectivity index (χ4v) is 3.20. The molecule has 188 valence electrons. The molecule has 0 saturated carbocycles. The van der Waals surface area contributed by atoms with Crippen LogP contribution in [0.1, 0.15) is 74.1 Å². The maximum absolute atomic E-state index is 12.4. The maximum atomic E-state index is 12.4. The molecule has 1 aromatic carbocycles. The van der Waals surface area contributed by atoms with Gasteiger partial charge in [0.1, 0.15) is 0 Å². The molecule has 1 atom stereocenters. The third-order valence-electron chi connectivity index (χ3n) is 5.02. The number of halogens is 2. The Hall–Kier alpha value is -2.27. The van der Waals surface area contributed by atoms with Crippen LogP contribution in [0.25, 0.3) is 0 Å². The molecule has 0 aliphatic carbocycles. The van der Waals surface area contributed by atoms with Gasteiger partial charge in [0.15, 0.2) is 11.6 Å². The predicted molar refractivity (Wildman–Crippen MR) is 142 cm³/mol. The normalized spacial score (nSPS) is 12.2. The summed E-state index contributed by atoms with van der Waals surface area (Å²) in [6.07, 6.45) is 9.22. The molecule has 0 fully saturated rings. The van der Waals surface area contributed by atoms with Crippen LogP contribution in [0.2, 0.25) is 0 Å². The zero-order valence-corrected chi connectivity index (χ0v) is 22.3. The van der Waals surface area contributed by atoms with Gasteiger partial charge in [0.05, 0.1) is 10.7 Å². The van der Waals surface area contributed by atoms with Crippen molar-refractivity contribution in [3.63, 3.8) is 0 Å². The average molecular weight is 483 g/mol. The Labute approximate surface area is 206 Å². The highest BCUT2D eigenvalue weighted by Gasteiger charge is 2.14. The highest BCUT2D eigenvalue weighted by atomic mass is 35.5. The molecule has 4 nitrogen and oxygen atoms in total. The molecular formula is C27H44ClFN2O2. The van der Waals surface area contributed by atoms with Crippen molar-refractivity contribution in [2.45, 2.75) is 74.1 Å². The van der Waals surface area contributed by atoms with Gasteiger partial charge in [-0.15, -0.1) is 0 Å². The van der Waals surface area contributed by atoms with E-state index in [1.807, 2.05) is 13.8 Å². The van der Waals surface area contributed by atoms with Gasteiger partial charge in [0, 0.05) is 24.8 Å². The van der Waals surface area contributed by atoms with E-state index in [9.17, 15) is 9.18 Å². The molecule has 0 saturated heterocycles. The van der Waals surface area contributed by atoms with Crippen molar-refractivity contribution in [2.24, 2.45) is 5.92 Å². The number of phenols is 1. The molecule has 0 aliphatic heterocycles. The number of benzene rings is 1. The minimum atomic E-state index is -0.707. The van der Waals surface area contributed by atoms with Crippen LogP contribution in [-0.4, -0.2) is 29.5 Å². The van der Waals surface area contributed by atoms with Crippen molar-refractivity contribution in [1.82, 2.24) is 4.90 Å². The SMILES string of the molecule is C=C/C(Cl)=C(\C(C)=C/C)N(CCC)CCCC(C)CC.CC.O=CNc1ccc(F)c(O)c1. The number of hydrogen-bond donors (Lipinski definition) is 2. The lowest BCUT2D eigenvalue weighted by molar-refractivity contribution is -0.105. The molecule has 0 spiro atoms. The summed E-state index contributed by atoms with van der Waals surface area (Å²) in [6, 6.07) is 3.55. The Morgan fingerprint density at radius 1 is 1.30 bits per heavy atom. The first kappa shape index (κ1) is 32.9. The van der Waals surface area contributed by atoms with Gasteiger partial charge in [-0.3, -0.25) is 4.79 Å². The van der Waals surface area contributed by atoms with Crippen LogP contribution < -0.4 is 5.32 Å². The third kappa shape index (κ3) is 13.8. The quantitative estimate of drug-likeness (QED) is 0.233. The number of carbonyl (C=O) groups excluding carboxylic acids is 1. The Kier molecular flexibility index (Phi) is 20.3. The molecule has 0 aromatic heterocycles. The van der Waals surface area contributed by atoms with Gasteiger partial charge in [0.2, 0.25) is 6.41 Å². The summed E-state index contributed by atoms with van der Waals surface area (Å²) in [5, 5.41) is 11.8. The summed E-state index contributed by atoms with van der Waals surface area (Å²) in [7, 11) is 0. The first-order chi connectivity index (χ1) is 15.7. The summed E-state index contributed by atoms with van der Waals surface area (Å²) in [5.41, 5.74) is 2.74. The lowest BCUT2D eigenvalue weighted by Crippen LogP contribution is -2.27. The Morgan fingerprint density at radius 2 is 1.94 bits per heavy atom. The molecular weight excluding hydrogens is 439 g/mol. The van der Waals surface area contributed by atoms with Gasteiger partial charge in [0.25, 0.3) is 0 Å². The van der Waals surface area contributed by atoms with Gasteiger partial charge in [-0.05, 0) is 62.8 Å². The fourth-order valence-electron chi connectivity index (χ4n) is 2.93. The molecule has 1 amide bonds. The van der Waals surface area contributed by atoms with Crippen LogP contribution in [0.4, 0.5) is 10.1 Å². The molecule has 0 radical (unpaired) electrons. The number of carbonyl (C=O) groups is 1. The van der Waals surface area contributed by atoms with E-state index in [1.165, 1.54) is 30.9 Å². The topological polar surface area (TPSA) is 52.6 Å². The van der Waals surface area contributed by atoms with Crippen molar-refractivity contribution < 1.29 is 14.3 Å². The molecule has 2 N–H and O–H groups in total. The van der Waals surface area contributed by atoms with Crippen LogP contribution in [-0.2, 0) is 4.79 Å². The van der Waals surface area contributed by atoms with Gasteiger partial charge in [-0.1, -0.05) is 65.3 Å². The van der Waals surface area contributed by atoms with E-state index in [0.29, 0.717) is 12.1 Å². The highest BCUT2D eigenvalue weighted by molar-refractivity contribution is 6.31. The Bertz CT molecular complexity index is 748. The molecule has 1 aromatic rings. The zero-order chi connectivity index (χ0) is 25.8. The number of aromatic hydroxyl groups is 1. The molecule has 6 heteroatoms. The number of phenolic OH excluding ortho intramolecular Hbond substituents is 1. The molecule has 33 heavy (non-hydrogen) atoms. The largest absolute Gasteiger partial charge is 0.505 e. The number of allylic oxidation sites excluding steroid dienone is 4. The van der Waals surface area contributed by atoms with Gasteiger partial charge in [-0.25, -0.2) is 4.39 Å². The summed E-state index contributed by atoms with van der Waals surface area (Å²) >= 11 is 6.38. The van der Waals surface area contributed by atoms with E-state index in [0.717, 1.165) is 48.3 Å². The van der Waals surface area contributed by atoms with Crippen LogP contribution >= 0.6 is 11.6 Å². The Balaban J connectivity index is 0. The lowest BCUT2D eigenvalue weighted by atomic mass is 10.0. The zero-order valence-electron chi connectivity index (χ0n) is 21.5. The molecule has 0 bridgehead atoms. The van der Waals surface area contributed by atoms with Crippen LogP contribution in [0.15, 0.2) is 53.2 Å². The van der Waals surface area contributed by atoms with Gasteiger partial charge in [-0.2, -0.15) is 0 Å². The van der Waals surface area contributed by atoms with E-state index in [2.05, 4.69) is 57.5 Å². The van der Waals surface area contributed by atoms with E-state index < -0.39 is 11.6 Å². The van der Waals surface area contributed by atoms with Crippen molar-refractivity contribution in [3.05, 3.63) is 59.0 Å². The molecule has 1 unspecified atom stereocenters. The van der Waals surface area contributed by atoms with E-state index >= 15 is 0 Å². The predicted octanol–water partition coefficient (Wildman–Crippen LogP) is 8.25. The molecule has 0 aliphatic rings. The standard InChI is InChI=1S/C18H32ClN.C7H6FNO2.C2H6/c1-7-13-20(14-11-12-15(5)8-2)18(16(6)9-3)17(19)10-4;8-6-2-1-5(9-4-10)3-7(6)11;1-2/h9-10,15H,4,7-8,11-14H2,1-3,5-6H3;1-4,11H,(H,9,10);1-2H3/b16-9-,18-17-;;. The summed E-state index contributed by atoms with van der Waals surface area (Å²) in [4.78, 5) is 12.3. The first-order valence-electron chi connectivity index (χ1n) is 11.8. The lowest BCUT2D eigenvalue weighted by Gasteiger charge is -2.29. The first-order valence-corrected chi connectivity index (χ1v) is 12.2. The number of hydrogen-bond acceptors (Lipinski definition) is 3. The second kappa shape index (κ2) is 20.3. The summed E-state index contributed by atoms with van der Waals surface area (Å²) in [6.45, 7) is 20.9. The number of nitrogens with zero attached hydrogens (tertiary/aromatic N) is 1.